The van der Waals surface area contributed by atoms with Gasteiger partial charge >= 0.3 is 11.0 Å². The van der Waals surface area contributed by atoms with Crippen molar-refractivity contribution in [2.24, 2.45) is 4.40 Å². The van der Waals surface area contributed by atoms with Gasteiger partial charge in [-0.25, -0.2) is 8.42 Å². The van der Waals surface area contributed by atoms with Crippen molar-refractivity contribution >= 4 is 43.1 Å². The highest BCUT2D eigenvalue weighted by Crippen LogP contribution is 2.46. The first-order valence-corrected chi connectivity index (χ1v) is 13.5. The Hall–Kier alpha value is -2.46. The molecule has 16 heteroatoms. The minimum absolute atomic E-state index is 0.0502. The van der Waals surface area contributed by atoms with E-state index in [1.165, 1.54) is 6.92 Å². The summed E-state index contributed by atoms with van der Waals surface area (Å²) < 4.78 is 131. The van der Waals surface area contributed by atoms with Crippen molar-refractivity contribution in [1.29, 1.82) is 0 Å². The molecule has 0 spiro atoms. The van der Waals surface area contributed by atoms with Crippen LogP contribution in [0, 0.1) is 6.92 Å². The number of nitrogens with zero attached hydrogens (tertiary/aromatic N) is 1. The zero-order valence-electron chi connectivity index (χ0n) is 18.8. The molecule has 0 radical (unpaired) electrons. The van der Waals surface area contributed by atoms with E-state index in [9.17, 15) is 48.3 Å². The lowest BCUT2D eigenvalue weighted by Crippen LogP contribution is -2.26. The van der Waals surface area contributed by atoms with Crippen LogP contribution >= 0.6 is 11.8 Å². The van der Waals surface area contributed by atoms with Crippen molar-refractivity contribution in [1.82, 2.24) is 0 Å². The van der Waals surface area contributed by atoms with E-state index in [1.54, 1.807) is 20.8 Å². The number of sulfonamides is 1. The fourth-order valence-electron chi connectivity index (χ4n) is 3.38. The SMILES string of the molecule is Cc1c(SC(F)(F)F)cc(C(C)(C)C)c(O)c1C1=NS(=O)(=O)c2cc(S(=O)(=O)C(F)(F)F)ccc2N1. The second-order valence-corrected chi connectivity index (χ2v) is 13.3. The average Bonchev–Trinajstić information content (AvgIpc) is 2.66. The summed E-state index contributed by atoms with van der Waals surface area (Å²) in [5.41, 5.74) is -12.2. The number of hydrogen-bond donors (Lipinski definition) is 2. The van der Waals surface area contributed by atoms with Crippen LogP contribution in [0.15, 0.2) is 43.3 Å². The number of alkyl halides is 6. The zero-order valence-corrected chi connectivity index (χ0v) is 21.3. The fourth-order valence-corrected chi connectivity index (χ4v) is 6.08. The van der Waals surface area contributed by atoms with Gasteiger partial charge in [-0.05, 0) is 53.9 Å². The summed E-state index contributed by atoms with van der Waals surface area (Å²) in [6, 6.07) is 2.69. The summed E-state index contributed by atoms with van der Waals surface area (Å²) in [5.74, 6) is -1.13. The molecule has 0 amide bonds. The number of aromatic hydroxyl groups is 1. The van der Waals surface area contributed by atoms with Gasteiger partial charge in [-0.2, -0.15) is 34.8 Å². The third-order valence-corrected chi connectivity index (χ3v) is 8.77. The summed E-state index contributed by atoms with van der Waals surface area (Å²) in [6.45, 7) is 6.02. The number of rotatable bonds is 3. The average molecular weight is 577 g/mol. The van der Waals surface area contributed by atoms with Crippen molar-refractivity contribution in [3.8, 4) is 5.75 Å². The number of halogens is 6. The fraction of sp³-hybridized carbons (Fsp3) is 0.350. The molecule has 0 aromatic heterocycles. The van der Waals surface area contributed by atoms with Crippen LogP contribution < -0.4 is 5.32 Å². The second-order valence-electron chi connectivity index (χ2n) is 8.72. The van der Waals surface area contributed by atoms with Gasteiger partial charge in [0.2, 0.25) is 0 Å². The van der Waals surface area contributed by atoms with Crippen LogP contribution in [0.25, 0.3) is 0 Å². The van der Waals surface area contributed by atoms with Crippen molar-refractivity contribution in [3.05, 3.63) is 41.0 Å². The number of amidine groups is 1. The zero-order chi connectivity index (χ0) is 27.6. The molecule has 0 aliphatic carbocycles. The number of fused-ring (bicyclic) bond motifs is 1. The highest BCUT2D eigenvalue weighted by atomic mass is 32.2. The van der Waals surface area contributed by atoms with E-state index >= 15 is 0 Å². The summed E-state index contributed by atoms with van der Waals surface area (Å²) in [5, 5.41) is 13.4. The van der Waals surface area contributed by atoms with Crippen LogP contribution in [-0.2, 0) is 25.3 Å². The number of phenols is 1. The summed E-state index contributed by atoms with van der Waals surface area (Å²) in [7, 11) is -10.7. The third kappa shape index (κ3) is 5.16. The number of benzene rings is 2. The Balaban J connectivity index is 2.26. The Labute approximate surface area is 206 Å². The Kier molecular flexibility index (Phi) is 6.68. The summed E-state index contributed by atoms with van der Waals surface area (Å²) in [4.78, 5) is -2.57. The normalized spacial score (nSPS) is 16.2. The van der Waals surface area contributed by atoms with Gasteiger partial charge in [0.05, 0.1) is 16.1 Å². The molecule has 0 bridgehead atoms. The van der Waals surface area contributed by atoms with Gasteiger partial charge in [-0.3, -0.25) is 0 Å². The topological polar surface area (TPSA) is 113 Å². The lowest BCUT2D eigenvalue weighted by molar-refractivity contribution is -0.0436. The highest BCUT2D eigenvalue weighted by molar-refractivity contribution is 8.00. The van der Waals surface area contributed by atoms with Crippen LogP contribution in [0.1, 0.15) is 37.5 Å². The first-order chi connectivity index (χ1) is 16.1. The lowest BCUT2D eigenvalue weighted by atomic mass is 9.84. The van der Waals surface area contributed by atoms with Crippen LogP contribution in [0.4, 0.5) is 32.0 Å². The third-order valence-electron chi connectivity index (χ3n) is 5.09. The van der Waals surface area contributed by atoms with E-state index in [1.807, 2.05) is 0 Å². The van der Waals surface area contributed by atoms with Gasteiger partial charge in [-0.15, -0.1) is 4.40 Å². The van der Waals surface area contributed by atoms with Gasteiger partial charge in [0.25, 0.3) is 19.9 Å². The molecule has 36 heavy (non-hydrogen) atoms. The Bertz CT molecular complexity index is 1490. The minimum atomic E-state index is -5.87. The van der Waals surface area contributed by atoms with Crippen LogP contribution in [0.2, 0.25) is 0 Å². The highest BCUT2D eigenvalue weighted by Gasteiger charge is 2.47. The molecular formula is C20H18F6N2O5S3. The summed E-state index contributed by atoms with van der Waals surface area (Å²) in [6.07, 6.45) is 0. The quantitative estimate of drug-likeness (QED) is 0.368. The number of anilines is 1. The first-order valence-electron chi connectivity index (χ1n) is 9.77. The molecular weight excluding hydrogens is 558 g/mol. The lowest BCUT2D eigenvalue weighted by Gasteiger charge is -2.27. The van der Waals surface area contributed by atoms with E-state index in [2.05, 4.69) is 9.71 Å². The van der Waals surface area contributed by atoms with Gasteiger partial charge in [0.1, 0.15) is 10.6 Å². The van der Waals surface area contributed by atoms with E-state index in [0.29, 0.717) is 6.07 Å². The Morgan fingerprint density at radius 1 is 1.03 bits per heavy atom. The standard InChI is InChI=1S/C20H18F6N2O5S3/c1-9-13(34-19(21,22)23)8-11(18(2,3)4)16(29)15(9)17-27-12-6-5-10(35(30,31)20(24,25)26)7-14(12)36(32,33)28-17/h5-8,29H,1-4H3,(H,27,28). The predicted molar refractivity (Wildman–Crippen MR) is 120 cm³/mol. The first kappa shape index (κ1) is 28.1. The number of hydrogen-bond acceptors (Lipinski definition) is 7. The molecule has 2 aromatic carbocycles. The molecule has 2 aromatic rings. The largest absolute Gasteiger partial charge is 0.507 e. The monoisotopic (exact) mass is 576 g/mol. The molecule has 1 aliphatic heterocycles. The predicted octanol–water partition coefficient (Wildman–Crippen LogP) is 5.46. The molecule has 1 aliphatic rings. The molecule has 0 atom stereocenters. The molecule has 7 nitrogen and oxygen atoms in total. The molecule has 0 saturated heterocycles. The maximum Gasteiger partial charge on any atom is 0.501 e. The Morgan fingerprint density at radius 2 is 1.61 bits per heavy atom. The van der Waals surface area contributed by atoms with Crippen molar-refractivity contribution < 1.29 is 48.3 Å². The van der Waals surface area contributed by atoms with Crippen LogP contribution in [-0.4, -0.2) is 38.8 Å². The van der Waals surface area contributed by atoms with Crippen molar-refractivity contribution in [3.63, 3.8) is 0 Å². The van der Waals surface area contributed by atoms with Gasteiger partial charge in [0, 0.05) is 10.5 Å². The molecule has 2 N–H and O–H groups in total. The second kappa shape index (κ2) is 8.55. The number of nitrogens with one attached hydrogen (secondary N) is 1. The number of phenolic OH excluding ortho intramolecular Hbond substituents is 1. The van der Waals surface area contributed by atoms with E-state index in [-0.39, 0.29) is 33.3 Å². The van der Waals surface area contributed by atoms with Crippen molar-refractivity contribution in [2.75, 3.05) is 5.32 Å². The Morgan fingerprint density at radius 3 is 2.11 bits per heavy atom. The molecule has 1 heterocycles. The van der Waals surface area contributed by atoms with Crippen LogP contribution in [0.3, 0.4) is 0 Å². The van der Waals surface area contributed by atoms with E-state index < -0.39 is 69.4 Å². The summed E-state index contributed by atoms with van der Waals surface area (Å²) >= 11 is -0.480. The molecule has 3 rings (SSSR count). The molecule has 0 fully saturated rings. The molecule has 198 valence electrons. The molecule has 0 saturated carbocycles. The van der Waals surface area contributed by atoms with E-state index in [0.717, 1.165) is 12.1 Å². The van der Waals surface area contributed by atoms with Gasteiger partial charge in [0.15, 0.2) is 5.84 Å². The minimum Gasteiger partial charge on any atom is -0.507 e. The van der Waals surface area contributed by atoms with Gasteiger partial charge in [-0.1, -0.05) is 20.8 Å². The van der Waals surface area contributed by atoms with Crippen LogP contribution in [0.5, 0.6) is 5.75 Å². The number of sulfone groups is 1. The number of thioether (sulfide) groups is 1. The van der Waals surface area contributed by atoms with E-state index in [4.69, 9.17) is 0 Å². The maximum absolute atomic E-state index is 13.2. The van der Waals surface area contributed by atoms with Crippen molar-refractivity contribution in [2.45, 2.75) is 58.8 Å². The molecule has 0 unspecified atom stereocenters. The maximum atomic E-state index is 13.2. The van der Waals surface area contributed by atoms with Gasteiger partial charge < -0.3 is 10.4 Å². The smallest absolute Gasteiger partial charge is 0.501 e.